The summed E-state index contributed by atoms with van der Waals surface area (Å²) in [5.74, 6) is -0.632. The van der Waals surface area contributed by atoms with Gasteiger partial charge in [0, 0.05) is 13.1 Å². The van der Waals surface area contributed by atoms with E-state index in [1.54, 1.807) is 0 Å². The first kappa shape index (κ1) is 13.2. The number of nitrogen functional groups attached to an aromatic ring is 1. The maximum atomic E-state index is 12.9. The van der Waals surface area contributed by atoms with Crippen LogP contribution in [0.5, 0.6) is 0 Å². The molecule has 0 aromatic heterocycles. The fourth-order valence-electron chi connectivity index (χ4n) is 1.82. The van der Waals surface area contributed by atoms with E-state index in [0.717, 1.165) is 22.5 Å². The highest BCUT2D eigenvalue weighted by molar-refractivity contribution is 7.89. The van der Waals surface area contributed by atoms with E-state index in [1.807, 2.05) is 0 Å². The smallest absolute Gasteiger partial charge is 0.245 e. The van der Waals surface area contributed by atoms with E-state index < -0.39 is 28.0 Å². The van der Waals surface area contributed by atoms with Gasteiger partial charge in [0.25, 0.3) is 0 Å². The standard InChI is InChI=1S/C10H13FN2O4S/c11-6-1-2-10(7(12)3-6)18(16,17)13-4-8(14)9(15)5-13/h1-3,8-9,14-15H,4-5,12H2/t8-,9+. The van der Waals surface area contributed by atoms with Crippen molar-refractivity contribution in [2.24, 2.45) is 0 Å². The SMILES string of the molecule is Nc1cc(F)ccc1S(=O)(=O)N1C[C@@H](O)[C@@H](O)C1. The zero-order valence-electron chi connectivity index (χ0n) is 9.32. The second-order valence-corrected chi connectivity index (χ2v) is 6.05. The molecule has 1 aromatic rings. The van der Waals surface area contributed by atoms with Crippen molar-refractivity contribution in [3.63, 3.8) is 0 Å². The van der Waals surface area contributed by atoms with Crippen LogP contribution in [0, 0.1) is 5.82 Å². The van der Waals surface area contributed by atoms with Crippen molar-refractivity contribution in [3.05, 3.63) is 24.0 Å². The summed E-state index contributed by atoms with van der Waals surface area (Å²) in [4.78, 5) is -0.231. The summed E-state index contributed by atoms with van der Waals surface area (Å²) in [5, 5.41) is 18.7. The molecule has 1 fully saturated rings. The largest absolute Gasteiger partial charge is 0.398 e. The molecule has 8 heteroatoms. The van der Waals surface area contributed by atoms with Gasteiger partial charge in [0.15, 0.2) is 0 Å². The molecule has 0 spiro atoms. The number of aliphatic hydroxyl groups is 2. The van der Waals surface area contributed by atoms with Gasteiger partial charge in [-0.15, -0.1) is 0 Å². The van der Waals surface area contributed by atoms with E-state index in [0.29, 0.717) is 0 Å². The monoisotopic (exact) mass is 276 g/mol. The van der Waals surface area contributed by atoms with E-state index in [2.05, 4.69) is 0 Å². The number of hydrogen-bond acceptors (Lipinski definition) is 5. The summed E-state index contributed by atoms with van der Waals surface area (Å²) < 4.78 is 38.1. The van der Waals surface area contributed by atoms with E-state index in [4.69, 9.17) is 5.73 Å². The Kier molecular flexibility index (Phi) is 3.28. The molecule has 2 atom stereocenters. The van der Waals surface area contributed by atoms with Gasteiger partial charge < -0.3 is 15.9 Å². The van der Waals surface area contributed by atoms with Crippen LogP contribution < -0.4 is 5.73 Å². The highest BCUT2D eigenvalue weighted by Crippen LogP contribution is 2.26. The summed E-state index contributed by atoms with van der Waals surface area (Å²) in [6, 6.07) is 2.97. The summed E-state index contributed by atoms with van der Waals surface area (Å²) in [6.45, 7) is -0.416. The molecule has 0 aliphatic carbocycles. The lowest BCUT2D eigenvalue weighted by Gasteiger charge is -2.16. The minimum absolute atomic E-state index is 0.203. The molecule has 1 aromatic carbocycles. The average Bonchev–Trinajstić information content (AvgIpc) is 2.59. The van der Waals surface area contributed by atoms with E-state index in [-0.39, 0.29) is 23.7 Å². The zero-order chi connectivity index (χ0) is 13.5. The van der Waals surface area contributed by atoms with Crippen LogP contribution in [-0.4, -0.2) is 48.2 Å². The van der Waals surface area contributed by atoms with E-state index >= 15 is 0 Å². The van der Waals surface area contributed by atoms with Crippen LogP contribution in [0.1, 0.15) is 0 Å². The van der Waals surface area contributed by atoms with Crippen LogP contribution >= 0.6 is 0 Å². The first-order valence-corrected chi connectivity index (χ1v) is 6.67. The third-order valence-corrected chi connectivity index (χ3v) is 4.72. The molecular weight excluding hydrogens is 263 g/mol. The quantitative estimate of drug-likeness (QED) is 0.609. The van der Waals surface area contributed by atoms with Crippen molar-refractivity contribution >= 4 is 15.7 Å². The van der Waals surface area contributed by atoms with Crippen molar-refractivity contribution in [2.45, 2.75) is 17.1 Å². The van der Waals surface area contributed by atoms with Crippen LogP contribution in [-0.2, 0) is 10.0 Å². The van der Waals surface area contributed by atoms with Crippen LogP contribution in [0.25, 0.3) is 0 Å². The first-order chi connectivity index (χ1) is 8.32. The summed E-state index contributed by atoms with van der Waals surface area (Å²) in [6.07, 6.45) is -2.25. The van der Waals surface area contributed by atoms with Crippen molar-refractivity contribution < 1.29 is 23.0 Å². The lowest BCUT2D eigenvalue weighted by atomic mass is 10.3. The molecule has 6 nitrogen and oxygen atoms in total. The number of rotatable bonds is 2. The second kappa shape index (κ2) is 4.47. The molecule has 1 aliphatic rings. The van der Waals surface area contributed by atoms with Crippen molar-refractivity contribution in [2.75, 3.05) is 18.8 Å². The van der Waals surface area contributed by atoms with Crippen molar-refractivity contribution in [3.8, 4) is 0 Å². The van der Waals surface area contributed by atoms with Gasteiger partial charge in [0.2, 0.25) is 10.0 Å². The highest BCUT2D eigenvalue weighted by Gasteiger charge is 2.38. The van der Waals surface area contributed by atoms with Crippen molar-refractivity contribution in [1.82, 2.24) is 4.31 Å². The number of halogens is 1. The molecule has 0 amide bonds. The molecule has 100 valence electrons. The maximum Gasteiger partial charge on any atom is 0.245 e. The van der Waals surface area contributed by atoms with Gasteiger partial charge in [-0.25, -0.2) is 12.8 Å². The fraction of sp³-hybridized carbons (Fsp3) is 0.400. The lowest BCUT2D eigenvalue weighted by Crippen LogP contribution is -2.30. The minimum Gasteiger partial charge on any atom is -0.398 e. The molecule has 1 heterocycles. The Morgan fingerprint density at radius 1 is 1.28 bits per heavy atom. The van der Waals surface area contributed by atoms with Gasteiger partial charge in [0.05, 0.1) is 17.9 Å². The number of aliphatic hydroxyl groups excluding tert-OH is 2. The number of β-amino-alcohol motifs (C(OH)–C–C–N with tert-alkyl or cyclic N) is 2. The van der Waals surface area contributed by atoms with Gasteiger partial charge in [-0.05, 0) is 18.2 Å². The first-order valence-electron chi connectivity index (χ1n) is 5.23. The summed E-state index contributed by atoms with van der Waals surface area (Å²) in [5.41, 5.74) is 5.27. The lowest BCUT2D eigenvalue weighted by molar-refractivity contribution is 0.0572. The molecular formula is C10H13FN2O4S. The number of anilines is 1. The van der Waals surface area contributed by atoms with Crippen LogP contribution in [0.15, 0.2) is 23.1 Å². The van der Waals surface area contributed by atoms with Gasteiger partial charge in [-0.3, -0.25) is 0 Å². The molecule has 0 saturated carbocycles. The second-order valence-electron chi connectivity index (χ2n) is 4.14. The minimum atomic E-state index is -3.93. The Labute approximate surface area is 103 Å². The van der Waals surface area contributed by atoms with Gasteiger partial charge in [-0.2, -0.15) is 4.31 Å². The Bertz CT molecular complexity index is 553. The number of hydrogen-bond donors (Lipinski definition) is 3. The Morgan fingerprint density at radius 2 is 1.83 bits per heavy atom. The summed E-state index contributed by atoms with van der Waals surface area (Å²) >= 11 is 0. The predicted molar refractivity (Wildman–Crippen MR) is 61.6 cm³/mol. The van der Waals surface area contributed by atoms with Gasteiger partial charge in [0.1, 0.15) is 10.7 Å². The molecule has 2 rings (SSSR count). The Morgan fingerprint density at radius 3 is 2.33 bits per heavy atom. The number of nitrogens with zero attached hydrogens (tertiary/aromatic N) is 1. The van der Waals surface area contributed by atoms with Crippen LogP contribution in [0.2, 0.25) is 0 Å². The number of sulfonamides is 1. The summed E-state index contributed by atoms with van der Waals surface area (Å²) in [7, 11) is -3.93. The Balaban J connectivity index is 2.37. The van der Waals surface area contributed by atoms with E-state index in [1.165, 1.54) is 0 Å². The molecule has 1 saturated heterocycles. The molecule has 0 bridgehead atoms. The van der Waals surface area contributed by atoms with Gasteiger partial charge >= 0.3 is 0 Å². The zero-order valence-corrected chi connectivity index (χ0v) is 10.1. The average molecular weight is 276 g/mol. The molecule has 0 unspecified atom stereocenters. The molecule has 0 radical (unpaired) electrons. The predicted octanol–water partition coefficient (Wildman–Crippen LogP) is -0.866. The topological polar surface area (TPSA) is 104 Å². The van der Waals surface area contributed by atoms with E-state index in [9.17, 15) is 23.0 Å². The highest BCUT2D eigenvalue weighted by atomic mass is 32.2. The fourth-order valence-corrected chi connectivity index (χ4v) is 3.40. The number of benzene rings is 1. The number of nitrogens with two attached hydrogens (primary N) is 1. The molecule has 4 N–H and O–H groups in total. The third-order valence-electron chi connectivity index (χ3n) is 2.82. The van der Waals surface area contributed by atoms with Crippen molar-refractivity contribution in [1.29, 1.82) is 0 Å². The third kappa shape index (κ3) is 2.19. The molecule has 1 aliphatic heterocycles. The molecule has 18 heavy (non-hydrogen) atoms. The van der Waals surface area contributed by atoms with Gasteiger partial charge in [-0.1, -0.05) is 0 Å². The Hall–Kier alpha value is -1.22. The maximum absolute atomic E-state index is 12.9. The normalized spacial score (nSPS) is 25.5. The van der Waals surface area contributed by atoms with Crippen LogP contribution in [0.4, 0.5) is 10.1 Å². The van der Waals surface area contributed by atoms with Crippen LogP contribution in [0.3, 0.4) is 0 Å².